The van der Waals surface area contributed by atoms with Crippen molar-refractivity contribution in [3.63, 3.8) is 0 Å². The summed E-state index contributed by atoms with van der Waals surface area (Å²) in [5.74, 6) is -0.378. The summed E-state index contributed by atoms with van der Waals surface area (Å²) in [4.78, 5) is 21.4. The molecule has 1 N–H and O–H groups in total. The van der Waals surface area contributed by atoms with E-state index >= 15 is 0 Å². The number of benzene rings is 1. The maximum atomic E-state index is 11.0. The maximum absolute atomic E-state index is 11.0. The summed E-state index contributed by atoms with van der Waals surface area (Å²) in [6.07, 6.45) is 6.05. The lowest BCUT2D eigenvalue weighted by atomic mass is 10.1. The first-order chi connectivity index (χ1) is 12.1. The smallest absolute Gasteiger partial charge is 0.356 e. The summed E-state index contributed by atoms with van der Waals surface area (Å²) in [7, 11) is 0. The molecule has 2 aromatic rings. The van der Waals surface area contributed by atoms with Crippen LogP contribution in [0.25, 0.3) is 0 Å². The number of nitrogens with zero attached hydrogens (tertiary/aromatic N) is 3. The van der Waals surface area contributed by atoms with E-state index in [4.69, 9.17) is 9.84 Å². The highest BCUT2D eigenvalue weighted by molar-refractivity contribution is 5.84. The molecule has 3 rings (SSSR count). The van der Waals surface area contributed by atoms with Gasteiger partial charge in [-0.2, -0.15) is 0 Å². The number of hydrogen-bond donors (Lipinski definition) is 1. The van der Waals surface area contributed by atoms with Crippen LogP contribution in [0.4, 0.5) is 5.82 Å². The minimum Gasteiger partial charge on any atom is -0.476 e. The van der Waals surface area contributed by atoms with E-state index in [2.05, 4.69) is 46.1 Å². The Morgan fingerprint density at radius 3 is 2.68 bits per heavy atom. The first kappa shape index (κ1) is 17.4. The Balaban J connectivity index is 1.71. The van der Waals surface area contributed by atoms with Gasteiger partial charge in [0.15, 0.2) is 5.69 Å². The molecule has 6 nitrogen and oxygen atoms in total. The molecule has 6 heteroatoms. The summed E-state index contributed by atoms with van der Waals surface area (Å²) in [5, 5.41) is 8.98. The van der Waals surface area contributed by atoms with Crippen molar-refractivity contribution >= 4 is 11.8 Å². The number of carbonyl (C=O) groups is 1. The lowest BCUT2D eigenvalue weighted by Gasteiger charge is -2.26. The number of aromatic nitrogens is 2. The molecule has 1 aromatic heterocycles. The van der Waals surface area contributed by atoms with Crippen LogP contribution in [0.2, 0.25) is 0 Å². The molecule has 0 radical (unpaired) electrons. The van der Waals surface area contributed by atoms with Crippen molar-refractivity contribution in [1.29, 1.82) is 0 Å². The lowest BCUT2D eigenvalue weighted by Crippen LogP contribution is -2.34. The highest BCUT2D eigenvalue weighted by Gasteiger charge is 2.20. The summed E-state index contributed by atoms with van der Waals surface area (Å²) in [6.45, 7) is 4.41. The Bertz CT molecular complexity index is 695. The number of carboxylic acid groups (broad SMARTS) is 1. The van der Waals surface area contributed by atoms with Crippen LogP contribution in [-0.2, 0) is 11.2 Å². The van der Waals surface area contributed by atoms with E-state index in [0.29, 0.717) is 5.82 Å². The van der Waals surface area contributed by atoms with Gasteiger partial charge in [-0.05, 0) is 31.7 Å². The van der Waals surface area contributed by atoms with Crippen LogP contribution in [-0.4, -0.2) is 46.8 Å². The molecule has 132 valence electrons. The van der Waals surface area contributed by atoms with E-state index in [1.165, 1.54) is 23.5 Å². The molecule has 0 amide bonds. The second-order valence-electron chi connectivity index (χ2n) is 6.38. The predicted molar refractivity (Wildman–Crippen MR) is 95.1 cm³/mol. The minimum absolute atomic E-state index is 0.0423. The number of rotatable bonds is 7. The zero-order valence-electron chi connectivity index (χ0n) is 14.4. The van der Waals surface area contributed by atoms with Crippen molar-refractivity contribution < 1.29 is 14.6 Å². The summed E-state index contributed by atoms with van der Waals surface area (Å²) in [6, 6.07) is 8.50. The molecule has 25 heavy (non-hydrogen) atoms. The third kappa shape index (κ3) is 4.76. The Morgan fingerprint density at radius 1 is 1.28 bits per heavy atom. The zero-order chi connectivity index (χ0) is 17.6. The van der Waals surface area contributed by atoms with Gasteiger partial charge in [0.25, 0.3) is 0 Å². The molecule has 1 aliphatic heterocycles. The van der Waals surface area contributed by atoms with Crippen LogP contribution < -0.4 is 4.90 Å². The van der Waals surface area contributed by atoms with Crippen LogP contribution in [0.15, 0.2) is 36.7 Å². The van der Waals surface area contributed by atoms with Gasteiger partial charge >= 0.3 is 5.97 Å². The number of hydrogen-bond acceptors (Lipinski definition) is 5. The monoisotopic (exact) mass is 341 g/mol. The van der Waals surface area contributed by atoms with Gasteiger partial charge in [0.2, 0.25) is 0 Å². The molecule has 1 fully saturated rings. The van der Waals surface area contributed by atoms with Crippen LogP contribution in [0.3, 0.4) is 0 Å². The molecule has 1 unspecified atom stereocenters. The Kier molecular flexibility index (Phi) is 5.60. The van der Waals surface area contributed by atoms with Gasteiger partial charge in [-0.3, -0.25) is 0 Å². The molecule has 0 saturated carbocycles. The third-order valence-corrected chi connectivity index (χ3v) is 4.42. The molecule has 1 atom stereocenters. The Labute approximate surface area is 147 Å². The Hall–Kier alpha value is -2.47. The number of aryl methyl sites for hydroxylation is 1. The van der Waals surface area contributed by atoms with Crippen molar-refractivity contribution in [2.24, 2.45) is 0 Å². The second-order valence-corrected chi connectivity index (χ2v) is 6.38. The molecule has 0 spiro atoms. The van der Waals surface area contributed by atoms with Crippen LogP contribution >= 0.6 is 0 Å². The summed E-state index contributed by atoms with van der Waals surface area (Å²) < 4.78 is 5.75. The quantitative estimate of drug-likeness (QED) is 0.834. The standard InChI is InChI=1S/C19H23N3O3/c1-14-4-6-15(7-5-14)8-9-22(13-16-3-2-10-25-16)18-12-20-17(11-21-18)19(23)24/h4-7,11-12,16H,2-3,8-10,13H2,1H3,(H,23,24). The molecule has 1 aromatic carbocycles. The van der Waals surface area contributed by atoms with E-state index in [9.17, 15) is 4.79 Å². The fraction of sp³-hybridized carbons (Fsp3) is 0.421. The van der Waals surface area contributed by atoms with Gasteiger partial charge in [-0.15, -0.1) is 0 Å². The van der Waals surface area contributed by atoms with E-state index in [1.807, 2.05) is 0 Å². The van der Waals surface area contributed by atoms with Crippen molar-refractivity contribution in [3.05, 3.63) is 53.5 Å². The number of carboxylic acids is 1. The molecule has 0 bridgehead atoms. The first-order valence-corrected chi connectivity index (χ1v) is 8.59. The SMILES string of the molecule is Cc1ccc(CCN(CC2CCCO2)c2cnc(C(=O)O)cn2)cc1. The second kappa shape index (κ2) is 8.07. The van der Waals surface area contributed by atoms with E-state index < -0.39 is 5.97 Å². The number of anilines is 1. The normalized spacial score (nSPS) is 16.8. The first-order valence-electron chi connectivity index (χ1n) is 8.59. The van der Waals surface area contributed by atoms with E-state index in [-0.39, 0.29) is 11.8 Å². The van der Waals surface area contributed by atoms with Crippen molar-refractivity contribution in [2.75, 3.05) is 24.6 Å². The zero-order valence-corrected chi connectivity index (χ0v) is 14.4. The summed E-state index contributed by atoms with van der Waals surface area (Å²) >= 11 is 0. The van der Waals surface area contributed by atoms with Gasteiger partial charge < -0.3 is 14.7 Å². The molecule has 2 heterocycles. The Morgan fingerprint density at radius 2 is 2.08 bits per heavy atom. The highest BCUT2D eigenvalue weighted by Crippen LogP contribution is 2.18. The van der Waals surface area contributed by atoms with Crippen LogP contribution in [0.1, 0.15) is 34.5 Å². The number of aromatic carboxylic acids is 1. The van der Waals surface area contributed by atoms with Crippen molar-refractivity contribution in [1.82, 2.24) is 9.97 Å². The highest BCUT2D eigenvalue weighted by atomic mass is 16.5. The van der Waals surface area contributed by atoms with Crippen molar-refractivity contribution in [3.8, 4) is 0 Å². The lowest BCUT2D eigenvalue weighted by molar-refractivity contribution is 0.0690. The molecule has 0 aliphatic carbocycles. The van der Waals surface area contributed by atoms with Crippen LogP contribution in [0, 0.1) is 6.92 Å². The number of ether oxygens (including phenoxy) is 1. The maximum Gasteiger partial charge on any atom is 0.356 e. The van der Waals surface area contributed by atoms with Gasteiger partial charge in [-0.25, -0.2) is 14.8 Å². The molecule has 1 saturated heterocycles. The van der Waals surface area contributed by atoms with E-state index in [0.717, 1.165) is 39.0 Å². The average Bonchev–Trinajstić information content (AvgIpc) is 3.13. The van der Waals surface area contributed by atoms with Gasteiger partial charge in [0.05, 0.1) is 18.5 Å². The molecular weight excluding hydrogens is 318 g/mol. The largest absolute Gasteiger partial charge is 0.476 e. The van der Waals surface area contributed by atoms with Crippen LogP contribution in [0.5, 0.6) is 0 Å². The van der Waals surface area contributed by atoms with Gasteiger partial charge in [-0.1, -0.05) is 29.8 Å². The molecule has 1 aliphatic rings. The predicted octanol–water partition coefficient (Wildman–Crippen LogP) is 2.71. The molecular formula is C19H23N3O3. The van der Waals surface area contributed by atoms with Crippen molar-refractivity contribution in [2.45, 2.75) is 32.3 Å². The fourth-order valence-electron chi connectivity index (χ4n) is 2.95. The summed E-state index contributed by atoms with van der Waals surface area (Å²) in [5.41, 5.74) is 2.47. The van der Waals surface area contributed by atoms with Gasteiger partial charge in [0.1, 0.15) is 5.82 Å². The minimum atomic E-state index is -1.07. The third-order valence-electron chi connectivity index (χ3n) is 4.42. The van der Waals surface area contributed by atoms with Gasteiger partial charge in [0, 0.05) is 19.7 Å². The van der Waals surface area contributed by atoms with E-state index in [1.54, 1.807) is 0 Å². The topological polar surface area (TPSA) is 75.5 Å². The average molecular weight is 341 g/mol. The fourth-order valence-corrected chi connectivity index (χ4v) is 2.95.